The average Bonchev–Trinajstić information content (AvgIpc) is 2.46. The SMILES string of the molecule is CCCNc1cc(CN2CCCCC2CC)ccn1. The highest BCUT2D eigenvalue weighted by molar-refractivity contribution is 5.37. The molecule has 0 amide bonds. The maximum atomic E-state index is 4.38. The number of nitrogens with zero attached hydrogens (tertiary/aromatic N) is 2. The summed E-state index contributed by atoms with van der Waals surface area (Å²) in [6.45, 7) is 7.80. The third kappa shape index (κ3) is 4.20. The van der Waals surface area contributed by atoms with Crippen molar-refractivity contribution < 1.29 is 0 Å². The lowest BCUT2D eigenvalue weighted by Gasteiger charge is -2.35. The van der Waals surface area contributed by atoms with E-state index in [4.69, 9.17) is 0 Å². The van der Waals surface area contributed by atoms with Gasteiger partial charge in [0.25, 0.3) is 0 Å². The van der Waals surface area contributed by atoms with E-state index in [0.29, 0.717) is 0 Å². The van der Waals surface area contributed by atoms with E-state index in [1.54, 1.807) is 0 Å². The van der Waals surface area contributed by atoms with Gasteiger partial charge < -0.3 is 5.32 Å². The lowest BCUT2D eigenvalue weighted by molar-refractivity contribution is 0.136. The molecule has 1 unspecified atom stereocenters. The Labute approximate surface area is 117 Å². The third-order valence-electron chi connectivity index (χ3n) is 3.99. The fraction of sp³-hybridized carbons (Fsp3) is 0.688. The van der Waals surface area contributed by atoms with Crippen molar-refractivity contribution in [3.8, 4) is 0 Å². The molecule has 0 saturated carbocycles. The summed E-state index contributed by atoms with van der Waals surface area (Å²) in [6.07, 6.45) is 8.44. The number of likely N-dealkylation sites (tertiary alicyclic amines) is 1. The van der Waals surface area contributed by atoms with Crippen LogP contribution in [0, 0.1) is 0 Å². The molecule has 1 aliphatic heterocycles. The first-order chi connectivity index (χ1) is 9.33. The van der Waals surface area contributed by atoms with Gasteiger partial charge in [-0.2, -0.15) is 0 Å². The molecule has 106 valence electrons. The van der Waals surface area contributed by atoms with E-state index in [9.17, 15) is 0 Å². The van der Waals surface area contributed by atoms with Gasteiger partial charge in [0.05, 0.1) is 0 Å². The number of anilines is 1. The molecular weight excluding hydrogens is 234 g/mol. The molecule has 0 bridgehead atoms. The number of pyridine rings is 1. The van der Waals surface area contributed by atoms with Gasteiger partial charge >= 0.3 is 0 Å². The Kier molecular flexibility index (Phi) is 5.64. The molecule has 19 heavy (non-hydrogen) atoms. The monoisotopic (exact) mass is 261 g/mol. The molecule has 3 nitrogen and oxygen atoms in total. The van der Waals surface area contributed by atoms with Crippen LogP contribution in [0.2, 0.25) is 0 Å². The zero-order valence-corrected chi connectivity index (χ0v) is 12.4. The Balaban J connectivity index is 1.97. The standard InChI is InChI=1S/C16H27N3/c1-3-9-17-16-12-14(8-10-18-16)13-19-11-6-5-7-15(19)4-2/h8,10,12,15H,3-7,9,11,13H2,1-2H3,(H,17,18). The van der Waals surface area contributed by atoms with Gasteiger partial charge in [0.2, 0.25) is 0 Å². The Morgan fingerprint density at radius 3 is 3.05 bits per heavy atom. The number of hydrogen-bond acceptors (Lipinski definition) is 3. The van der Waals surface area contributed by atoms with Crippen LogP contribution in [0.5, 0.6) is 0 Å². The minimum atomic E-state index is 0.772. The predicted octanol–water partition coefficient (Wildman–Crippen LogP) is 3.67. The van der Waals surface area contributed by atoms with E-state index in [-0.39, 0.29) is 0 Å². The lowest BCUT2D eigenvalue weighted by Crippen LogP contribution is -2.38. The van der Waals surface area contributed by atoms with Gasteiger partial charge in [-0.1, -0.05) is 20.3 Å². The Hall–Kier alpha value is -1.09. The van der Waals surface area contributed by atoms with Crippen molar-refractivity contribution in [3.63, 3.8) is 0 Å². The highest BCUT2D eigenvalue weighted by atomic mass is 15.2. The molecule has 0 radical (unpaired) electrons. The maximum Gasteiger partial charge on any atom is 0.126 e. The third-order valence-corrected chi connectivity index (χ3v) is 3.99. The molecule has 3 heteroatoms. The molecule has 0 spiro atoms. The number of rotatable bonds is 6. The van der Waals surface area contributed by atoms with Crippen LogP contribution >= 0.6 is 0 Å². The molecule has 1 aromatic heterocycles. The second kappa shape index (κ2) is 7.49. The number of hydrogen-bond donors (Lipinski definition) is 1. The van der Waals surface area contributed by atoms with E-state index in [0.717, 1.165) is 31.4 Å². The Bertz CT molecular complexity index is 378. The molecule has 2 rings (SSSR count). The van der Waals surface area contributed by atoms with Crippen molar-refractivity contribution in [3.05, 3.63) is 23.9 Å². The van der Waals surface area contributed by atoms with Crippen LogP contribution in [-0.4, -0.2) is 29.0 Å². The Morgan fingerprint density at radius 2 is 2.26 bits per heavy atom. The van der Waals surface area contributed by atoms with E-state index in [1.807, 2.05) is 6.20 Å². The van der Waals surface area contributed by atoms with E-state index in [1.165, 1.54) is 37.8 Å². The zero-order valence-electron chi connectivity index (χ0n) is 12.4. The van der Waals surface area contributed by atoms with Crippen LogP contribution < -0.4 is 5.32 Å². The number of aromatic nitrogens is 1. The summed E-state index contributed by atoms with van der Waals surface area (Å²) in [7, 11) is 0. The summed E-state index contributed by atoms with van der Waals surface area (Å²) in [4.78, 5) is 7.02. The number of piperidine rings is 1. The smallest absolute Gasteiger partial charge is 0.126 e. The van der Waals surface area contributed by atoms with Crippen LogP contribution in [0.3, 0.4) is 0 Å². The second-order valence-corrected chi connectivity index (χ2v) is 5.50. The quantitative estimate of drug-likeness (QED) is 0.847. The first kappa shape index (κ1) is 14.3. The van der Waals surface area contributed by atoms with Gasteiger partial charge in [-0.05, 0) is 49.9 Å². The van der Waals surface area contributed by atoms with Crippen LogP contribution in [0.1, 0.15) is 51.5 Å². The zero-order chi connectivity index (χ0) is 13.5. The molecule has 1 aromatic rings. The topological polar surface area (TPSA) is 28.2 Å². The molecular formula is C16H27N3. The van der Waals surface area contributed by atoms with Crippen LogP contribution in [0.15, 0.2) is 18.3 Å². The molecule has 1 saturated heterocycles. The van der Waals surface area contributed by atoms with Crippen molar-refractivity contribution in [1.82, 2.24) is 9.88 Å². The van der Waals surface area contributed by atoms with Crippen molar-refractivity contribution in [2.24, 2.45) is 0 Å². The summed E-state index contributed by atoms with van der Waals surface area (Å²) in [6, 6.07) is 5.13. The predicted molar refractivity (Wildman–Crippen MR) is 81.4 cm³/mol. The largest absolute Gasteiger partial charge is 0.370 e. The fourth-order valence-corrected chi connectivity index (χ4v) is 2.89. The van der Waals surface area contributed by atoms with Crippen LogP contribution in [-0.2, 0) is 6.54 Å². The van der Waals surface area contributed by atoms with Gasteiger partial charge in [0, 0.05) is 25.3 Å². The molecule has 1 atom stereocenters. The fourth-order valence-electron chi connectivity index (χ4n) is 2.89. The van der Waals surface area contributed by atoms with Gasteiger partial charge in [-0.3, -0.25) is 4.90 Å². The molecule has 1 fully saturated rings. The van der Waals surface area contributed by atoms with Crippen molar-refractivity contribution in [2.75, 3.05) is 18.4 Å². The molecule has 0 aromatic carbocycles. The summed E-state index contributed by atoms with van der Waals surface area (Å²) in [5, 5.41) is 3.37. The first-order valence-electron chi connectivity index (χ1n) is 7.76. The normalized spacial score (nSPS) is 20.4. The average molecular weight is 261 g/mol. The minimum Gasteiger partial charge on any atom is -0.370 e. The second-order valence-electron chi connectivity index (χ2n) is 5.50. The van der Waals surface area contributed by atoms with Crippen LogP contribution in [0.4, 0.5) is 5.82 Å². The van der Waals surface area contributed by atoms with E-state index >= 15 is 0 Å². The molecule has 2 heterocycles. The Morgan fingerprint density at radius 1 is 1.37 bits per heavy atom. The molecule has 1 aliphatic rings. The molecule has 1 N–H and O–H groups in total. The minimum absolute atomic E-state index is 0.772. The van der Waals surface area contributed by atoms with Gasteiger partial charge in [0.1, 0.15) is 5.82 Å². The maximum absolute atomic E-state index is 4.38. The number of nitrogens with one attached hydrogen (secondary N) is 1. The van der Waals surface area contributed by atoms with E-state index < -0.39 is 0 Å². The summed E-state index contributed by atoms with van der Waals surface area (Å²) < 4.78 is 0. The van der Waals surface area contributed by atoms with Gasteiger partial charge in [-0.25, -0.2) is 4.98 Å². The summed E-state index contributed by atoms with van der Waals surface area (Å²) >= 11 is 0. The van der Waals surface area contributed by atoms with E-state index in [2.05, 4.69) is 41.2 Å². The van der Waals surface area contributed by atoms with Gasteiger partial charge in [-0.15, -0.1) is 0 Å². The highest BCUT2D eigenvalue weighted by Crippen LogP contribution is 2.22. The van der Waals surface area contributed by atoms with Crippen molar-refractivity contribution in [2.45, 2.75) is 58.5 Å². The summed E-state index contributed by atoms with van der Waals surface area (Å²) in [5.74, 6) is 1.02. The highest BCUT2D eigenvalue weighted by Gasteiger charge is 2.20. The van der Waals surface area contributed by atoms with Crippen LogP contribution in [0.25, 0.3) is 0 Å². The van der Waals surface area contributed by atoms with Gasteiger partial charge in [0.15, 0.2) is 0 Å². The van der Waals surface area contributed by atoms with Crippen molar-refractivity contribution >= 4 is 5.82 Å². The van der Waals surface area contributed by atoms with Crippen molar-refractivity contribution in [1.29, 1.82) is 0 Å². The molecule has 0 aliphatic carbocycles. The first-order valence-corrected chi connectivity index (χ1v) is 7.76. The lowest BCUT2D eigenvalue weighted by atomic mass is 9.99. The summed E-state index contributed by atoms with van der Waals surface area (Å²) in [5.41, 5.74) is 1.38.